The van der Waals surface area contributed by atoms with Crippen LogP contribution in [-0.2, 0) is 0 Å². The van der Waals surface area contributed by atoms with Gasteiger partial charge in [0.05, 0.1) is 0 Å². The summed E-state index contributed by atoms with van der Waals surface area (Å²) in [6.07, 6.45) is 5.44. The van der Waals surface area contributed by atoms with Gasteiger partial charge in [-0.3, -0.25) is 4.90 Å². The lowest BCUT2D eigenvalue weighted by Gasteiger charge is -2.38. The van der Waals surface area contributed by atoms with Crippen LogP contribution in [0, 0.1) is 6.92 Å². The second-order valence-corrected chi connectivity index (χ2v) is 5.62. The van der Waals surface area contributed by atoms with E-state index in [1.54, 1.807) is 0 Å². The van der Waals surface area contributed by atoms with Gasteiger partial charge in [0.25, 0.3) is 0 Å². The highest BCUT2D eigenvalue weighted by Gasteiger charge is 2.27. The molecule has 2 fully saturated rings. The quantitative estimate of drug-likeness (QED) is 0.798. The highest BCUT2D eigenvalue weighted by Crippen LogP contribution is 2.23. The van der Waals surface area contributed by atoms with E-state index in [2.05, 4.69) is 39.9 Å². The van der Waals surface area contributed by atoms with Gasteiger partial charge in [0, 0.05) is 24.8 Å². The number of hydrogen-bond donors (Lipinski definition) is 0. The highest BCUT2D eigenvalue weighted by atomic mass is 15.3. The van der Waals surface area contributed by atoms with Gasteiger partial charge in [-0.25, -0.2) is 4.98 Å². The van der Waals surface area contributed by atoms with Gasteiger partial charge in [0.2, 0.25) is 0 Å². The van der Waals surface area contributed by atoms with Crippen molar-refractivity contribution in [2.75, 3.05) is 31.1 Å². The molecular formula is C15H23N3. The molecule has 1 unspecified atom stereocenters. The smallest absolute Gasteiger partial charge is 0.128 e. The summed E-state index contributed by atoms with van der Waals surface area (Å²) in [4.78, 5) is 9.82. The maximum atomic E-state index is 4.67. The van der Waals surface area contributed by atoms with E-state index in [0.717, 1.165) is 18.3 Å². The third kappa shape index (κ3) is 2.51. The summed E-state index contributed by atoms with van der Waals surface area (Å²) in [5, 5.41) is 0. The molecule has 0 radical (unpaired) electrons. The zero-order chi connectivity index (χ0) is 12.4. The number of likely N-dealkylation sites (tertiary alicyclic amines) is 1. The van der Waals surface area contributed by atoms with Crippen LogP contribution in [0.15, 0.2) is 18.2 Å². The fourth-order valence-electron chi connectivity index (χ4n) is 3.27. The van der Waals surface area contributed by atoms with Gasteiger partial charge in [-0.15, -0.1) is 0 Å². The molecule has 3 rings (SSSR count). The first-order valence-corrected chi connectivity index (χ1v) is 7.25. The minimum Gasteiger partial charge on any atom is -0.355 e. The number of aryl methyl sites for hydroxylation is 1. The number of piperidine rings is 1. The van der Waals surface area contributed by atoms with E-state index in [4.69, 9.17) is 0 Å². The van der Waals surface area contributed by atoms with Crippen LogP contribution in [0.2, 0.25) is 0 Å². The molecule has 1 aromatic heterocycles. The molecule has 2 aliphatic heterocycles. The first kappa shape index (κ1) is 12.0. The molecule has 3 heterocycles. The minimum atomic E-state index is 0.753. The fraction of sp³-hybridized carbons (Fsp3) is 0.667. The largest absolute Gasteiger partial charge is 0.355 e. The normalized spacial score (nSPS) is 25.6. The standard InChI is InChI=1S/C15H23N3/c1-13-6-4-8-15(16-13)18-11-5-7-14(12-18)17-9-2-3-10-17/h4,6,8,14H,2-3,5,7,9-12H2,1H3. The zero-order valence-electron chi connectivity index (χ0n) is 11.3. The molecule has 2 aliphatic rings. The Morgan fingerprint density at radius 1 is 1.11 bits per heavy atom. The second-order valence-electron chi connectivity index (χ2n) is 5.62. The van der Waals surface area contributed by atoms with E-state index in [9.17, 15) is 0 Å². The summed E-state index contributed by atoms with van der Waals surface area (Å²) < 4.78 is 0. The maximum absolute atomic E-state index is 4.67. The number of hydrogen-bond acceptors (Lipinski definition) is 3. The van der Waals surface area contributed by atoms with Crippen molar-refractivity contribution >= 4 is 5.82 Å². The number of pyridine rings is 1. The lowest BCUT2D eigenvalue weighted by molar-refractivity contribution is 0.215. The van der Waals surface area contributed by atoms with Crippen LogP contribution in [0.5, 0.6) is 0 Å². The van der Waals surface area contributed by atoms with Gasteiger partial charge in [0.1, 0.15) is 5.82 Å². The SMILES string of the molecule is Cc1cccc(N2CCCC(N3CCCC3)C2)n1. The van der Waals surface area contributed by atoms with Crippen molar-refractivity contribution in [3.05, 3.63) is 23.9 Å². The van der Waals surface area contributed by atoms with Crippen LogP contribution in [0.1, 0.15) is 31.4 Å². The molecule has 0 amide bonds. The first-order chi connectivity index (χ1) is 8.83. The number of anilines is 1. The average Bonchev–Trinajstić information content (AvgIpc) is 2.93. The summed E-state index contributed by atoms with van der Waals surface area (Å²) in [6.45, 7) is 7.02. The van der Waals surface area contributed by atoms with Gasteiger partial charge < -0.3 is 4.90 Å². The summed E-state index contributed by atoms with van der Waals surface area (Å²) >= 11 is 0. The van der Waals surface area contributed by atoms with Crippen LogP contribution in [0.4, 0.5) is 5.82 Å². The topological polar surface area (TPSA) is 19.4 Å². The Labute approximate surface area is 110 Å². The molecule has 0 aromatic carbocycles. The Balaban J connectivity index is 1.69. The van der Waals surface area contributed by atoms with Crippen molar-refractivity contribution in [3.8, 4) is 0 Å². The van der Waals surface area contributed by atoms with Gasteiger partial charge >= 0.3 is 0 Å². The summed E-state index contributed by atoms with van der Waals surface area (Å²) in [7, 11) is 0. The molecule has 2 saturated heterocycles. The van der Waals surface area contributed by atoms with E-state index < -0.39 is 0 Å². The van der Waals surface area contributed by atoms with Crippen molar-refractivity contribution in [2.45, 2.75) is 38.6 Å². The van der Waals surface area contributed by atoms with E-state index in [0.29, 0.717) is 0 Å². The summed E-state index contributed by atoms with van der Waals surface area (Å²) in [5.41, 5.74) is 1.12. The second kappa shape index (κ2) is 5.27. The molecule has 3 heteroatoms. The third-order valence-corrected chi connectivity index (χ3v) is 4.25. The van der Waals surface area contributed by atoms with Crippen molar-refractivity contribution in [1.29, 1.82) is 0 Å². The fourth-order valence-corrected chi connectivity index (χ4v) is 3.27. The van der Waals surface area contributed by atoms with Gasteiger partial charge in [-0.1, -0.05) is 6.07 Å². The van der Waals surface area contributed by atoms with Crippen molar-refractivity contribution in [3.63, 3.8) is 0 Å². The monoisotopic (exact) mass is 245 g/mol. The van der Waals surface area contributed by atoms with Crippen LogP contribution in [-0.4, -0.2) is 42.1 Å². The molecule has 98 valence electrons. The number of rotatable bonds is 2. The zero-order valence-corrected chi connectivity index (χ0v) is 11.3. The molecule has 0 bridgehead atoms. The molecule has 0 saturated carbocycles. The number of aromatic nitrogens is 1. The molecule has 0 spiro atoms. The van der Waals surface area contributed by atoms with Crippen LogP contribution in [0.3, 0.4) is 0 Å². The van der Waals surface area contributed by atoms with Gasteiger partial charge in [-0.05, 0) is 57.8 Å². The van der Waals surface area contributed by atoms with Crippen LogP contribution in [0.25, 0.3) is 0 Å². The summed E-state index contributed by atoms with van der Waals surface area (Å²) in [5.74, 6) is 1.17. The first-order valence-electron chi connectivity index (χ1n) is 7.25. The Bertz CT molecular complexity index is 398. The van der Waals surface area contributed by atoms with Crippen molar-refractivity contribution in [2.24, 2.45) is 0 Å². The third-order valence-electron chi connectivity index (χ3n) is 4.25. The Hall–Kier alpha value is -1.09. The van der Waals surface area contributed by atoms with Crippen LogP contribution < -0.4 is 4.90 Å². The van der Waals surface area contributed by atoms with E-state index in [-0.39, 0.29) is 0 Å². The molecule has 1 atom stereocenters. The highest BCUT2D eigenvalue weighted by molar-refractivity contribution is 5.40. The molecule has 3 nitrogen and oxygen atoms in total. The number of nitrogens with zero attached hydrogens (tertiary/aromatic N) is 3. The van der Waals surface area contributed by atoms with Gasteiger partial charge in [-0.2, -0.15) is 0 Å². The Kier molecular flexibility index (Phi) is 3.50. The van der Waals surface area contributed by atoms with Crippen LogP contribution >= 0.6 is 0 Å². The maximum Gasteiger partial charge on any atom is 0.128 e. The predicted octanol–water partition coefficient (Wildman–Crippen LogP) is 2.45. The van der Waals surface area contributed by atoms with E-state index in [1.807, 2.05) is 0 Å². The Morgan fingerprint density at radius 2 is 1.94 bits per heavy atom. The molecule has 18 heavy (non-hydrogen) atoms. The average molecular weight is 245 g/mol. The molecular weight excluding hydrogens is 222 g/mol. The molecule has 1 aromatic rings. The van der Waals surface area contributed by atoms with E-state index >= 15 is 0 Å². The van der Waals surface area contributed by atoms with Gasteiger partial charge in [0.15, 0.2) is 0 Å². The lowest BCUT2D eigenvalue weighted by Crippen LogP contribution is -2.47. The van der Waals surface area contributed by atoms with Crippen molar-refractivity contribution in [1.82, 2.24) is 9.88 Å². The minimum absolute atomic E-state index is 0.753. The molecule has 0 aliphatic carbocycles. The Morgan fingerprint density at radius 3 is 2.72 bits per heavy atom. The van der Waals surface area contributed by atoms with Crippen molar-refractivity contribution < 1.29 is 0 Å². The lowest BCUT2D eigenvalue weighted by atomic mass is 10.0. The van der Waals surface area contributed by atoms with E-state index in [1.165, 1.54) is 51.1 Å². The molecule has 0 N–H and O–H groups in total. The summed E-state index contributed by atoms with van der Waals surface area (Å²) in [6, 6.07) is 7.10. The predicted molar refractivity (Wildman–Crippen MR) is 75.0 cm³/mol.